The monoisotopic (exact) mass is 335 g/mol. The summed E-state index contributed by atoms with van der Waals surface area (Å²) in [5, 5.41) is 2.14. The Morgan fingerprint density at radius 2 is 1.72 bits per heavy atom. The van der Waals surface area contributed by atoms with Gasteiger partial charge in [-0.3, -0.25) is 24.3 Å². The van der Waals surface area contributed by atoms with E-state index in [2.05, 4.69) is 10.3 Å². The van der Waals surface area contributed by atoms with Crippen molar-refractivity contribution in [1.82, 2.24) is 19.4 Å². The van der Waals surface area contributed by atoms with Crippen LogP contribution in [0, 0.1) is 6.92 Å². The first-order valence-corrected chi connectivity index (χ1v) is 7.48. The predicted octanol–water partition coefficient (Wildman–Crippen LogP) is 0.797. The molecule has 25 heavy (non-hydrogen) atoms. The Kier molecular flexibility index (Phi) is 3.08. The van der Waals surface area contributed by atoms with Crippen LogP contribution in [-0.4, -0.2) is 25.9 Å². The van der Waals surface area contributed by atoms with Gasteiger partial charge in [-0.05, 0) is 31.2 Å². The van der Waals surface area contributed by atoms with Crippen LogP contribution in [0.25, 0.3) is 11.4 Å². The number of rotatable bonds is 2. The molecule has 2 aromatic heterocycles. The van der Waals surface area contributed by atoms with E-state index in [9.17, 15) is 14.4 Å². The zero-order valence-corrected chi connectivity index (χ0v) is 13.2. The molecule has 3 aromatic rings. The number of imidazole rings is 1. The molecule has 4 rings (SSSR count). The summed E-state index contributed by atoms with van der Waals surface area (Å²) in [6.07, 6.45) is 3.57. The van der Waals surface area contributed by atoms with Crippen molar-refractivity contribution in [1.29, 1.82) is 0 Å². The Morgan fingerprint density at radius 3 is 2.36 bits per heavy atom. The van der Waals surface area contributed by atoms with Crippen molar-refractivity contribution in [2.75, 3.05) is 5.73 Å². The SMILES string of the molecule is Cc1cn(-c2ccc(-n3c(N)c4c(cc3=O)C(=O)NC4=O)cc2)cn1. The van der Waals surface area contributed by atoms with Gasteiger partial charge in [0.05, 0.1) is 28.8 Å². The van der Waals surface area contributed by atoms with Gasteiger partial charge in [0.1, 0.15) is 5.82 Å². The summed E-state index contributed by atoms with van der Waals surface area (Å²) < 4.78 is 3.06. The second-order valence-electron chi connectivity index (χ2n) is 5.71. The molecule has 1 aromatic carbocycles. The molecule has 0 atom stereocenters. The summed E-state index contributed by atoms with van der Waals surface area (Å²) in [7, 11) is 0. The zero-order valence-electron chi connectivity index (χ0n) is 13.2. The summed E-state index contributed by atoms with van der Waals surface area (Å²) in [6.45, 7) is 1.89. The number of nitrogens with two attached hydrogens (primary N) is 1. The average Bonchev–Trinajstić information content (AvgIpc) is 3.12. The van der Waals surface area contributed by atoms with Crippen molar-refractivity contribution in [3.63, 3.8) is 0 Å². The number of nitrogens with one attached hydrogen (secondary N) is 1. The zero-order chi connectivity index (χ0) is 17.7. The van der Waals surface area contributed by atoms with Gasteiger partial charge in [-0.2, -0.15) is 0 Å². The number of hydrogen-bond donors (Lipinski definition) is 2. The van der Waals surface area contributed by atoms with Gasteiger partial charge in [-0.25, -0.2) is 4.98 Å². The summed E-state index contributed by atoms with van der Waals surface area (Å²) in [4.78, 5) is 40.1. The number of aromatic nitrogens is 3. The fourth-order valence-electron chi connectivity index (χ4n) is 2.88. The first-order valence-electron chi connectivity index (χ1n) is 7.48. The number of nitrogen functional groups attached to an aromatic ring is 1. The van der Waals surface area contributed by atoms with Gasteiger partial charge in [0, 0.05) is 18.0 Å². The quantitative estimate of drug-likeness (QED) is 0.673. The molecule has 0 aliphatic carbocycles. The third-order valence-corrected chi connectivity index (χ3v) is 4.07. The highest BCUT2D eigenvalue weighted by Gasteiger charge is 2.31. The Morgan fingerprint density at radius 1 is 1.04 bits per heavy atom. The molecule has 3 N–H and O–H groups in total. The molecule has 8 heteroatoms. The third-order valence-electron chi connectivity index (χ3n) is 4.07. The van der Waals surface area contributed by atoms with Gasteiger partial charge in [0.25, 0.3) is 17.4 Å². The van der Waals surface area contributed by atoms with Gasteiger partial charge >= 0.3 is 0 Å². The van der Waals surface area contributed by atoms with Crippen LogP contribution in [0.3, 0.4) is 0 Å². The first kappa shape index (κ1) is 14.9. The number of anilines is 1. The highest BCUT2D eigenvalue weighted by molar-refractivity contribution is 6.23. The fraction of sp³-hybridized carbons (Fsp3) is 0.0588. The number of hydrogen-bond acceptors (Lipinski definition) is 5. The lowest BCUT2D eigenvalue weighted by Gasteiger charge is -2.12. The molecule has 124 valence electrons. The van der Waals surface area contributed by atoms with Crippen molar-refractivity contribution in [3.8, 4) is 11.4 Å². The van der Waals surface area contributed by atoms with Crippen molar-refractivity contribution >= 4 is 17.6 Å². The standard InChI is InChI=1S/C17H13N5O3/c1-9-7-21(8-19-9)10-2-4-11(5-3-10)22-13(23)6-12-14(15(22)18)17(25)20-16(12)24/h2-8H,18H2,1H3,(H,20,24,25). The minimum Gasteiger partial charge on any atom is -0.384 e. The Balaban J connectivity index is 1.83. The van der Waals surface area contributed by atoms with Gasteiger partial charge in [0.15, 0.2) is 0 Å². The lowest BCUT2D eigenvalue weighted by molar-refractivity contribution is 0.0880. The highest BCUT2D eigenvalue weighted by atomic mass is 16.2. The second-order valence-corrected chi connectivity index (χ2v) is 5.71. The minimum atomic E-state index is -0.609. The van der Waals surface area contributed by atoms with E-state index in [1.165, 1.54) is 4.57 Å². The first-order chi connectivity index (χ1) is 12.0. The van der Waals surface area contributed by atoms with Gasteiger partial charge < -0.3 is 10.3 Å². The maximum Gasteiger partial charge on any atom is 0.262 e. The molecule has 0 saturated heterocycles. The molecule has 2 amide bonds. The summed E-state index contributed by atoms with van der Waals surface area (Å²) >= 11 is 0. The molecule has 1 aliphatic heterocycles. The Labute approximate surface area is 141 Å². The topological polar surface area (TPSA) is 112 Å². The van der Waals surface area contributed by atoms with Crippen LogP contribution in [0.4, 0.5) is 5.82 Å². The minimum absolute atomic E-state index is 0.00857. The molecule has 0 saturated carbocycles. The second kappa shape index (κ2) is 5.17. The molecule has 0 fully saturated rings. The largest absolute Gasteiger partial charge is 0.384 e. The number of imide groups is 1. The van der Waals surface area contributed by atoms with E-state index < -0.39 is 17.4 Å². The van der Waals surface area contributed by atoms with Crippen LogP contribution < -0.4 is 16.6 Å². The van der Waals surface area contributed by atoms with Crippen molar-refractivity contribution in [2.24, 2.45) is 0 Å². The number of fused-ring (bicyclic) bond motifs is 1. The van der Waals surface area contributed by atoms with Crippen LogP contribution in [0.15, 0.2) is 47.7 Å². The number of pyridine rings is 1. The van der Waals surface area contributed by atoms with E-state index in [1.807, 2.05) is 17.7 Å². The molecule has 3 heterocycles. The smallest absolute Gasteiger partial charge is 0.262 e. The van der Waals surface area contributed by atoms with E-state index >= 15 is 0 Å². The molecular weight excluding hydrogens is 322 g/mol. The van der Waals surface area contributed by atoms with Gasteiger partial charge in [-0.15, -0.1) is 0 Å². The normalized spacial score (nSPS) is 13.0. The van der Waals surface area contributed by atoms with E-state index in [0.717, 1.165) is 17.4 Å². The van der Waals surface area contributed by atoms with Crippen molar-refractivity contribution < 1.29 is 9.59 Å². The number of carbonyl (C=O) groups is 2. The van der Waals surface area contributed by atoms with Crippen molar-refractivity contribution in [3.05, 3.63) is 70.0 Å². The van der Waals surface area contributed by atoms with E-state index in [-0.39, 0.29) is 16.9 Å². The van der Waals surface area contributed by atoms with Gasteiger partial charge in [0.2, 0.25) is 0 Å². The summed E-state index contributed by atoms with van der Waals surface area (Å²) in [6, 6.07) is 8.16. The molecule has 0 radical (unpaired) electrons. The van der Waals surface area contributed by atoms with Crippen LogP contribution in [0.5, 0.6) is 0 Å². The van der Waals surface area contributed by atoms with E-state index in [4.69, 9.17) is 5.73 Å². The van der Waals surface area contributed by atoms with Crippen LogP contribution in [0.1, 0.15) is 26.4 Å². The van der Waals surface area contributed by atoms with E-state index in [1.54, 1.807) is 30.6 Å². The van der Waals surface area contributed by atoms with Crippen LogP contribution in [-0.2, 0) is 0 Å². The maximum atomic E-state index is 12.4. The lowest BCUT2D eigenvalue weighted by atomic mass is 10.1. The predicted molar refractivity (Wildman–Crippen MR) is 90.1 cm³/mol. The van der Waals surface area contributed by atoms with E-state index in [0.29, 0.717) is 5.69 Å². The number of benzene rings is 1. The molecular formula is C17H13N5O3. The molecule has 0 bridgehead atoms. The summed E-state index contributed by atoms with van der Waals surface area (Å²) in [5.74, 6) is -1.27. The fourth-order valence-corrected chi connectivity index (χ4v) is 2.88. The molecule has 8 nitrogen and oxygen atoms in total. The van der Waals surface area contributed by atoms with Crippen LogP contribution in [0.2, 0.25) is 0 Å². The molecule has 0 spiro atoms. The highest BCUT2D eigenvalue weighted by Crippen LogP contribution is 2.23. The van der Waals surface area contributed by atoms with Crippen LogP contribution >= 0.6 is 0 Å². The molecule has 0 unspecified atom stereocenters. The number of amides is 2. The number of nitrogens with zero attached hydrogens (tertiary/aromatic N) is 3. The number of aryl methyl sites for hydroxylation is 1. The van der Waals surface area contributed by atoms with Crippen molar-refractivity contribution in [2.45, 2.75) is 6.92 Å². The van der Waals surface area contributed by atoms with Gasteiger partial charge in [-0.1, -0.05) is 0 Å². The maximum absolute atomic E-state index is 12.4. The average molecular weight is 335 g/mol. The Bertz CT molecular complexity index is 1090. The lowest BCUT2D eigenvalue weighted by Crippen LogP contribution is -2.24. The molecule has 1 aliphatic rings. The Hall–Kier alpha value is -3.68. The summed E-state index contributed by atoms with van der Waals surface area (Å²) in [5.41, 5.74) is 7.82. The number of carbonyl (C=O) groups excluding carboxylic acids is 2. The third kappa shape index (κ3) is 2.23.